The lowest BCUT2D eigenvalue weighted by Crippen LogP contribution is -2.45. The number of rotatable bonds is 6. The molecule has 0 spiro atoms. The molecular formula is C16H31N3O2. The predicted octanol–water partition coefficient (Wildman–Crippen LogP) is 2.32. The Morgan fingerprint density at radius 2 is 1.95 bits per heavy atom. The monoisotopic (exact) mass is 297 g/mol. The van der Waals surface area contributed by atoms with Crippen molar-refractivity contribution in [2.24, 2.45) is 16.8 Å². The quantitative estimate of drug-likeness (QED) is 0.449. The van der Waals surface area contributed by atoms with Gasteiger partial charge in [0, 0.05) is 12.6 Å². The Labute approximate surface area is 128 Å². The second kappa shape index (κ2) is 9.64. The number of aliphatic imine (C=N–C) groups is 1. The zero-order chi connectivity index (χ0) is 15.7. The van der Waals surface area contributed by atoms with Gasteiger partial charge in [0.25, 0.3) is 0 Å². The van der Waals surface area contributed by atoms with Gasteiger partial charge in [-0.25, -0.2) is 0 Å². The van der Waals surface area contributed by atoms with Crippen LogP contribution < -0.4 is 10.6 Å². The lowest BCUT2D eigenvalue weighted by molar-refractivity contribution is -0.140. The third-order valence-corrected chi connectivity index (χ3v) is 4.21. The molecule has 122 valence electrons. The highest BCUT2D eigenvalue weighted by molar-refractivity contribution is 5.80. The maximum absolute atomic E-state index is 11.1. The summed E-state index contributed by atoms with van der Waals surface area (Å²) in [5.74, 6) is 2.25. The van der Waals surface area contributed by atoms with Crippen LogP contribution in [0.2, 0.25) is 0 Å². The summed E-state index contributed by atoms with van der Waals surface area (Å²) in [4.78, 5) is 15.6. The molecule has 0 bridgehead atoms. The first-order valence-corrected chi connectivity index (χ1v) is 8.18. The van der Waals surface area contributed by atoms with Crippen molar-refractivity contribution < 1.29 is 9.53 Å². The molecule has 0 aromatic heterocycles. The SMILES string of the molecule is CCNC(=NCCC(=O)OC)NC1CCC(C(C)C)CC1. The van der Waals surface area contributed by atoms with Crippen LogP contribution in [0.25, 0.3) is 0 Å². The number of carbonyl (C=O) groups is 1. The van der Waals surface area contributed by atoms with Crippen LogP contribution in [0.5, 0.6) is 0 Å². The molecule has 0 aliphatic heterocycles. The lowest BCUT2D eigenvalue weighted by atomic mass is 9.80. The van der Waals surface area contributed by atoms with Gasteiger partial charge in [0.2, 0.25) is 0 Å². The van der Waals surface area contributed by atoms with Gasteiger partial charge in [-0.2, -0.15) is 0 Å². The number of methoxy groups -OCH3 is 1. The average molecular weight is 297 g/mol. The van der Waals surface area contributed by atoms with E-state index >= 15 is 0 Å². The van der Waals surface area contributed by atoms with Crippen molar-refractivity contribution in [3.63, 3.8) is 0 Å². The summed E-state index contributed by atoms with van der Waals surface area (Å²) in [5, 5.41) is 6.74. The second-order valence-electron chi connectivity index (χ2n) is 6.09. The maximum Gasteiger partial charge on any atom is 0.307 e. The molecule has 21 heavy (non-hydrogen) atoms. The van der Waals surface area contributed by atoms with Gasteiger partial charge in [-0.05, 0) is 44.4 Å². The summed E-state index contributed by atoms with van der Waals surface area (Å²) in [7, 11) is 1.41. The summed E-state index contributed by atoms with van der Waals surface area (Å²) in [6.45, 7) is 7.97. The highest BCUT2D eigenvalue weighted by Gasteiger charge is 2.23. The van der Waals surface area contributed by atoms with E-state index in [2.05, 4.69) is 34.2 Å². The van der Waals surface area contributed by atoms with Gasteiger partial charge in [-0.1, -0.05) is 13.8 Å². The molecule has 0 saturated heterocycles. The fourth-order valence-corrected chi connectivity index (χ4v) is 2.80. The summed E-state index contributed by atoms with van der Waals surface area (Å²) < 4.78 is 4.63. The molecule has 0 atom stereocenters. The molecule has 2 N–H and O–H groups in total. The summed E-state index contributed by atoms with van der Waals surface area (Å²) in [5.41, 5.74) is 0. The first-order valence-electron chi connectivity index (χ1n) is 8.18. The van der Waals surface area contributed by atoms with Gasteiger partial charge in [-0.15, -0.1) is 0 Å². The van der Waals surface area contributed by atoms with Crippen LogP contribution in [0.1, 0.15) is 52.9 Å². The first-order chi connectivity index (χ1) is 10.1. The van der Waals surface area contributed by atoms with E-state index < -0.39 is 0 Å². The van der Waals surface area contributed by atoms with Gasteiger partial charge in [0.15, 0.2) is 5.96 Å². The first kappa shape index (κ1) is 17.8. The summed E-state index contributed by atoms with van der Waals surface area (Å²) >= 11 is 0. The predicted molar refractivity (Wildman–Crippen MR) is 86.3 cm³/mol. The third kappa shape index (κ3) is 6.82. The number of esters is 1. The molecule has 1 saturated carbocycles. The van der Waals surface area contributed by atoms with Crippen molar-refractivity contribution in [1.82, 2.24) is 10.6 Å². The molecule has 0 unspecified atom stereocenters. The van der Waals surface area contributed by atoms with Crippen LogP contribution >= 0.6 is 0 Å². The number of guanidine groups is 1. The largest absolute Gasteiger partial charge is 0.469 e. The minimum Gasteiger partial charge on any atom is -0.469 e. The standard InChI is InChI=1S/C16H31N3O2/c1-5-17-16(18-11-10-15(20)21-4)19-14-8-6-13(7-9-14)12(2)3/h12-14H,5-11H2,1-4H3,(H2,17,18,19). The Hall–Kier alpha value is -1.26. The van der Waals surface area contributed by atoms with Gasteiger partial charge >= 0.3 is 5.97 Å². The minimum atomic E-state index is -0.216. The van der Waals surface area contributed by atoms with E-state index in [0.717, 1.165) is 24.3 Å². The van der Waals surface area contributed by atoms with Crippen LogP contribution in [0.15, 0.2) is 4.99 Å². The molecule has 5 nitrogen and oxygen atoms in total. The highest BCUT2D eigenvalue weighted by Crippen LogP contribution is 2.29. The minimum absolute atomic E-state index is 0.216. The number of nitrogens with zero attached hydrogens (tertiary/aromatic N) is 1. The maximum atomic E-state index is 11.1. The molecule has 0 aromatic rings. The van der Waals surface area contributed by atoms with Gasteiger partial charge in [0.05, 0.1) is 20.1 Å². The van der Waals surface area contributed by atoms with Crippen molar-refractivity contribution in [1.29, 1.82) is 0 Å². The third-order valence-electron chi connectivity index (χ3n) is 4.21. The molecule has 1 aliphatic rings. The molecule has 0 heterocycles. The van der Waals surface area contributed by atoms with Crippen LogP contribution in [-0.2, 0) is 9.53 Å². The fraction of sp³-hybridized carbons (Fsp3) is 0.875. The van der Waals surface area contributed by atoms with Crippen molar-refractivity contribution in [3.8, 4) is 0 Å². The highest BCUT2D eigenvalue weighted by atomic mass is 16.5. The van der Waals surface area contributed by atoms with E-state index in [9.17, 15) is 4.79 Å². The Bertz CT molecular complexity index is 334. The molecule has 0 amide bonds. The van der Waals surface area contributed by atoms with Crippen LogP contribution in [0.4, 0.5) is 0 Å². The van der Waals surface area contributed by atoms with Crippen molar-refractivity contribution in [2.45, 2.75) is 58.9 Å². The van der Waals surface area contributed by atoms with Gasteiger partial charge in [0.1, 0.15) is 0 Å². The van der Waals surface area contributed by atoms with E-state index in [4.69, 9.17) is 0 Å². The summed E-state index contributed by atoms with van der Waals surface area (Å²) in [6, 6.07) is 0.496. The summed E-state index contributed by atoms with van der Waals surface area (Å²) in [6.07, 6.45) is 5.30. The number of hydrogen-bond donors (Lipinski definition) is 2. The van der Waals surface area contributed by atoms with Crippen LogP contribution in [0, 0.1) is 11.8 Å². The molecule has 1 fully saturated rings. The van der Waals surface area contributed by atoms with E-state index in [1.165, 1.54) is 32.8 Å². The Morgan fingerprint density at radius 3 is 2.48 bits per heavy atom. The molecule has 5 heteroatoms. The molecule has 1 rings (SSSR count). The normalized spacial score (nSPS) is 23.0. The molecule has 1 aliphatic carbocycles. The number of ether oxygens (including phenoxy) is 1. The van der Waals surface area contributed by atoms with Crippen LogP contribution in [0.3, 0.4) is 0 Å². The Balaban J connectivity index is 2.40. The molecule has 0 aromatic carbocycles. The topological polar surface area (TPSA) is 62.7 Å². The molecular weight excluding hydrogens is 266 g/mol. The van der Waals surface area contributed by atoms with Gasteiger partial charge < -0.3 is 15.4 Å². The van der Waals surface area contributed by atoms with E-state index in [-0.39, 0.29) is 5.97 Å². The zero-order valence-electron chi connectivity index (χ0n) is 13.9. The van der Waals surface area contributed by atoms with E-state index in [1.54, 1.807) is 0 Å². The van der Waals surface area contributed by atoms with Crippen molar-refractivity contribution >= 4 is 11.9 Å². The smallest absolute Gasteiger partial charge is 0.307 e. The van der Waals surface area contributed by atoms with Gasteiger partial charge in [-0.3, -0.25) is 9.79 Å². The van der Waals surface area contributed by atoms with Crippen molar-refractivity contribution in [3.05, 3.63) is 0 Å². The van der Waals surface area contributed by atoms with E-state index in [1.807, 2.05) is 6.92 Å². The Kier molecular flexibility index (Phi) is 8.16. The molecule has 0 radical (unpaired) electrons. The average Bonchev–Trinajstić information content (AvgIpc) is 2.47. The number of nitrogens with one attached hydrogen (secondary N) is 2. The number of carbonyl (C=O) groups excluding carboxylic acids is 1. The second-order valence-corrected chi connectivity index (χ2v) is 6.09. The lowest BCUT2D eigenvalue weighted by Gasteiger charge is -2.32. The number of hydrogen-bond acceptors (Lipinski definition) is 3. The fourth-order valence-electron chi connectivity index (χ4n) is 2.80. The van der Waals surface area contributed by atoms with Crippen molar-refractivity contribution in [2.75, 3.05) is 20.2 Å². The van der Waals surface area contributed by atoms with E-state index in [0.29, 0.717) is 19.0 Å². The van der Waals surface area contributed by atoms with Crippen LogP contribution in [-0.4, -0.2) is 38.2 Å². The zero-order valence-corrected chi connectivity index (χ0v) is 13.9. The Morgan fingerprint density at radius 1 is 1.29 bits per heavy atom.